The number of nitrogens with one attached hydrogen (secondary N) is 1. The summed E-state index contributed by atoms with van der Waals surface area (Å²) in [6.07, 6.45) is -0.521. The minimum Gasteiger partial charge on any atom is -0.451 e. The summed E-state index contributed by atoms with van der Waals surface area (Å²) < 4.78 is 46.7. The number of esters is 1. The first-order valence-corrected chi connectivity index (χ1v) is 12.4. The maximum Gasteiger partial charge on any atom is 0.417 e. The van der Waals surface area contributed by atoms with Gasteiger partial charge in [-0.2, -0.15) is 13.2 Å². The van der Waals surface area contributed by atoms with Crippen molar-refractivity contribution in [3.63, 3.8) is 0 Å². The number of nitrogens with zero attached hydrogens (tertiary/aromatic N) is 1. The van der Waals surface area contributed by atoms with Crippen LogP contribution in [0.3, 0.4) is 0 Å². The first-order chi connectivity index (χ1) is 15.6. The van der Waals surface area contributed by atoms with Crippen molar-refractivity contribution < 1.29 is 27.5 Å². The lowest BCUT2D eigenvalue weighted by atomic mass is 9.86. The van der Waals surface area contributed by atoms with Gasteiger partial charge in [-0.05, 0) is 48.8 Å². The van der Waals surface area contributed by atoms with Gasteiger partial charge in [-0.1, -0.05) is 25.8 Å². The summed E-state index contributed by atoms with van der Waals surface area (Å²) in [6, 6.07) is 4.49. The summed E-state index contributed by atoms with van der Waals surface area (Å²) in [6.45, 7) is 3.04. The van der Waals surface area contributed by atoms with Crippen molar-refractivity contribution in [1.82, 2.24) is 10.3 Å². The molecule has 10 heteroatoms. The second kappa shape index (κ2) is 9.42. The Hall–Kier alpha value is -2.46. The molecule has 0 spiro atoms. The molecule has 1 aliphatic carbocycles. The molecular weight excluding hydrogens is 473 g/mol. The summed E-state index contributed by atoms with van der Waals surface area (Å²) in [7, 11) is 0. The van der Waals surface area contributed by atoms with Crippen LogP contribution in [0.2, 0.25) is 0 Å². The van der Waals surface area contributed by atoms with Gasteiger partial charge in [0.2, 0.25) is 0 Å². The number of rotatable bonds is 5. The van der Waals surface area contributed by atoms with Gasteiger partial charge in [0.1, 0.15) is 9.71 Å². The van der Waals surface area contributed by atoms with E-state index in [2.05, 4.69) is 17.2 Å². The van der Waals surface area contributed by atoms with Crippen molar-refractivity contribution in [3.8, 4) is 10.6 Å². The first-order valence-electron chi connectivity index (χ1n) is 10.7. The molecule has 0 bridgehead atoms. The van der Waals surface area contributed by atoms with Crippen molar-refractivity contribution in [2.75, 3.05) is 6.61 Å². The van der Waals surface area contributed by atoms with E-state index in [9.17, 15) is 22.8 Å². The van der Waals surface area contributed by atoms with Crippen molar-refractivity contribution in [1.29, 1.82) is 0 Å². The number of aryl methyl sites for hydroxylation is 1. The van der Waals surface area contributed by atoms with Crippen LogP contribution in [0.25, 0.3) is 20.8 Å². The van der Waals surface area contributed by atoms with Gasteiger partial charge in [-0.15, -0.1) is 22.7 Å². The molecule has 1 fully saturated rings. The highest BCUT2D eigenvalue weighted by molar-refractivity contribution is 7.20. The number of carbonyl (C=O) groups is 2. The smallest absolute Gasteiger partial charge is 0.417 e. The number of pyridine rings is 1. The predicted molar refractivity (Wildman–Crippen MR) is 123 cm³/mol. The number of amides is 1. The van der Waals surface area contributed by atoms with Crippen LogP contribution in [0.1, 0.15) is 53.4 Å². The third-order valence-electron chi connectivity index (χ3n) is 5.96. The third-order valence-corrected chi connectivity index (χ3v) is 8.02. The molecule has 0 saturated heterocycles. The normalized spacial score (nSPS) is 18.9. The van der Waals surface area contributed by atoms with E-state index in [1.165, 1.54) is 18.3 Å². The molecule has 5 nitrogen and oxygen atoms in total. The van der Waals surface area contributed by atoms with Crippen LogP contribution in [0.4, 0.5) is 13.2 Å². The van der Waals surface area contributed by atoms with Gasteiger partial charge in [0, 0.05) is 11.4 Å². The van der Waals surface area contributed by atoms with E-state index in [1.54, 1.807) is 17.5 Å². The van der Waals surface area contributed by atoms with E-state index < -0.39 is 30.2 Å². The van der Waals surface area contributed by atoms with Crippen LogP contribution >= 0.6 is 22.7 Å². The highest BCUT2D eigenvalue weighted by Gasteiger charge is 2.36. The van der Waals surface area contributed by atoms with Crippen LogP contribution in [0, 0.1) is 12.8 Å². The van der Waals surface area contributed by atoms with Crippen molar-refractivity contribution in [2.45, 2.75) is 51.7 Å². The molecular formula is C23H23F3N2O3S2. The van der Waals surface area contributed by atoms with E-state index in [0.29, 0.717) is 10.8 Å². The van der Waals surface area contributed by atoms with E-state index >= 15 is 0 Å². The van der Waals surface area contributed by atoms with E-state index in [1.807, 2.05) is 0 Å². The number of aromatic nitrogens is 1. The number of fused-ring (bicyclic) bond motifs is 1. The lowest BCUT2D eigenvalue weighted by Gasteiger charge is -2.29. The highest BCUT2D eigenvalue weighted by atomic mass is 32.1. The summed E-state index contributed by atoms with van der Waals surface area (Å²) in [5.74, 6) is -0.879. The van der Waals surface area contributed by atoms with Gasteiger partial charge in [-0.25, -0.2) is 9.78 Å². The van der Waals surface area contributed by atoms with Crippen LogP contribution in [0.5, 0.6) is 0 Å². The average Bonchev–Trinajstić information content (AvgIpc) is 3.41. The van der Waals surface area contributed by atoms with Crippen LogP contribution < -0.4 is 5.32 Å². The Kier molecular flexibility index (Phi) is 6.76. The molecule has 1 aliphatic rings. The zero-order chi connectivity index (χ0) is 23.8. The number of thiophene rings is 2. The van der Waals surface area contributed by atoms with Gasteiger partial charge in [0.25, 0.3) is 5.91 Å². The van der Waals surface area contributed by atoms with Crippen molar-refractivity contribution in [3.05, 3.63) is 39.6 Å². The molecule has 0 aliphatic heterocycles. The molecule has 33 heavy (non-hydrogen) atoms. The fraction of sp³-hybridized carbons (Fsp3) is 0.435. The van der Waals surface area contributed by atoms with Gasteiger partial charge >= 0.3 is 12.1 Å². The molecule has 3 aromatic heterocycles. The largest absolute Gasteiger partial charge is 0.451 e. The SMILES string of the molecule is Cc1c(C(=O)OCC(=O)N[C@@H]2CCCC[C@@H]2C)sc2nc(-c3cccs3)cc(C(F)(F)F)c12. The zero-order valence-corrected chi connectivity index (χ0v) is 19.8. The topological polar surface area (TPSA) is 68.3 Å². The Balaban J connectivity index is 1.57. The number of halogens is 3. The molecule has 1 amide bonds. The summed E-state index contributed by atoms with van der Waals surface area (Å²) >= 11 is 2.13. The Morgan fingerprint density at radius 1 is 1.27 bits per heavy atom. The Morgan fingerprint density at radius 3 is 2.70 bits per heavy atom. The molecule has 3 heterocycles. The minimum atomic E-state index is -4.61. The monoisotopic (exact) mass is 496 g/mol. The standard InChI is InChI=1S/C23H23F3N2O3S2/c1-12-6-3-4-7-15(12)27-18(29)11-31-22(30)20-13(2)19-14(23(24,25)26)10-16(28-21(19)33-20)17-8-5-9-32-17/h5,8-10,12,15H,3-4,6-7,11H2,1-2H3,(H,27,29)/t12-,15+/m0/s1. The number of alkyl halides is 3. The van der Waals surface area contributed by atoms with Crippen LogP contribution in [-0.2, 0) is 15.7 Å². The molecule has 1 saturated carbocycles. The van der Waals surface area contributed by atoms with Gasteiger partial charge < -0.3 is 10.1 Å². The number of hydrogen-bond donors (Lipinski definition) is 1. The number of hydrogen-bond acceptors (Lipinski definition) is 6. The van der Waals surface area contributed by atoms with Gasteiger partial charge in [0.05, 0.1) is 16.1 Å². The van der Waals surface area contributed by atoms with E-state index in [4.69, 9.17) is 4.74 Å². The molecule has 1 N–H and O–H groups in total. The fourth-order valence-electron chi connectivity index (χ4n) is 4.19. The predicted octanol–water partition coefficient (Wildman–Crippen LogP) is 6.20. The molecule has 3 aromatic rings. The Morgan fingerprint density at radius 2 is 2.03 bits per heavy atom. The molecule has 2 atom stereocenters. The third kappa shape index (κ3) is 5.06. The van der Waals surface area contributed by atoms with Gasteiger partial charge in [0.15, 0.2) is 6.61 Å². The van der Waals surface area contributed by atoms with Crippen LogP contribution in [-0.4, -0.2) is 29.5 Å². The van der Waals surface area contributed by atoms with Crippen LogP contribution in [0.15, 0.2) is 23.6 Å². The zero-order valence-electron chi connectivity index (χ0n) is 18.1. The number of carbonyl (C=O) groups excluding carboxylic acids is 2. The van der Waals surface area contributed by atoms with Crippen molar-refractivity contribution in [2.24, 2.45) is 5.92 Å². The lowest BCUT2D eigenvalue weighted by molar-refractivity contribution is -0.136. The van der Waals surface area contributed by atoms with E-state index in [-0.39, 0.29) is 32.4 Å². The Labute approximate surface area is 197 Å². The quantitative estimate of drug-likeness (QED) is 0.427. The maximum atomic E-state index is 13.8. The van der Waals surface area contributed by atoms with Gasteiger partial charge in [-0.3, -0.25) is 4.79 Å². The molecule has 0 unspecified atom stereocenters. The highest BCUT2D eigenvalue weighted by Crippen LogP contribution is 2.42. The summed E-state index contributed by atoms with van der Waals surface area (Å²) in [5.41, 5.74) is -0.487. The maximum absolute atomic E-state index is 13.8. The van der Waals surface area contributed by atoms with E-state index in [0.717, 1.165) is 43.1 Å². The summed E-state index contributed by atoms with van der Waals surface area (Å²) in [4.78, 5) is 30.0. The minimum absolute atomic E-state index is 0.0187. The second-order valence-electron chi connectivity index (χ2n) is 8.28. The molecule has 176 valence electrons. The molecule has 0 radical (unpaired) electrons. The lowest BCUT2D eigenvalue weighted by Crippen LogP contribution is -2.42. The summed E-state index contributed by atoms with van der Waals surface area (Å²) in [5, 5.41) is 4.55. The first kappa shape index (κ1) is 23.7. The average molecular weight is 497 g/mol. The fourth-order valence-corrected chi connectivity index (χ4v) is 5.98. The second-order valence-corrected chi connectivity index (χ2v) is 10.2. The Bertz CT molecular complexity index is 1170. The molecule has 0 aromatic carbocycles. The number of ether oxygens (including phenoxy) is 1. The van der Waals surface area contributed by atoms with Crippen molar-refractivity contribution >= 4 is 44.8 Å². The molecule has 4 rings (SSSR count).